The van der Waals surface area contributed by atoms with Crippen LogP contribution in [0.15, 0.2) is 48.7 Å². The van der Waals surface area contributed by atoms with Gasteiger partial charge in [0.15, 0.2) is 0 Å². The first kappa shape index (κ1) is 13.8. The van der Waals surface area contributed by atoms with Crippen LogP contribution in [-0.2, 0) is 6.42 Å². The SMILES string of the molecule is Nc1cccc2c(NC3CC4CCCc5cccc3c54)nccc12. The zero-order valence-electron chi connectivity index (χ0n) is 13.6. The molecule has 120 valence electrons. The van der Waals surface area contributed by atoms with Crippen LogP contribution >= 0.6 is 0 Å². The van der Waals surface area contributed by atoms with Crippen molar-refractivity contribution in [1.82, 2.24) is 4.98 Å². The molecule has 2 unspecified atom stereocenters. The van der Waals surface area contributed by atoms with Crippen molar-refractivity contribution in [2.45, 2.75) is 37.6 Å². The molecule has 2 aliphatic rings. The molecule has 3 aromatic rings. The molecule has 5 rings (SSSR count). The molecule has 0 radical (unpaired) electrons. The summed E-state index contributed by atoms with van der Waals surface area (Å²) in [5.74, 6) is 1.66. The van der Waals surface area contributed by atoms with E-state index in [4.69, 9.17) is 5.73 Å². The van der Waals surface area contributed by atoms with E-state index in [1.165, 1.54) is 31.2 Å². The number of nitrogens with one attached hydrogen (secondary N) is 1. The van der Waals surface area contributed by atoms with Crippen molar-refractivity contribution in [3.8, 4) is 0 Å². The third-order valence-electron chi connectivity index (χ3n) is 5.68. The maximum Gasteiger partial charge on any atom is 0.134 e. The fourth-order valence-electron chi connectivity index (χ4n) is 4.63. The number of nitrogens with two attached hydrogens (primary N) is 1. The summed E-state index contributed by atoms with van der Waals surface area (Å²) in [5.41, 5.74) is 11.6. The van der Waals surface area contributed by atoms with Gasteiger partial charge in [0.1, 0.15) is 5.82 Å². The fraction of sp³-hybridized carbons (Fsp3) is 0.286. The van der Waals surface area contributed by atoms with Crippen molar-refractivity contribution < 1.29 is 0 Å². The van der Waals surface area contributed by atoms with Crippen LogP contribution < -0.4 is 11.1 Å². The Hall–Kier alpha value is -2.55. The Balaban J connectivity index is 1.57. The predicted molar refractivity (Wildman–Crippen MR) is 99.3 cm³/mol. The van der Waals surface area contributed by atoms with Gasteiger partial charge >= 0.3 is 0 Å². The van der Waals surface area contributed by atoms with E-state index in [0.717, 1.165) is 22.3 Å². The van der Waals surface area contributed by atoms with Crippen LogP contribution in [0.1, 0.15) is 47.9 Å². The molecule has 2 aromatic carbocycles. The monoisotopic (exact) mass is 315 g/mol. The summed E-state index contributed by atoms with van der Waals surface area (Å²) in [6.07, 6.45) is 6.89. The van der Waals surface area contributed by atoms with Crippen molar-refractivity contribution in [2.75, 3.05) is 11.1 Å². The molecule has 0 amide bonds. The van der Waals surface area contributed by atoms with E-state index in [-0.39, 0.29) is 0 Å². The van der Waals surface area contributed by atoms with Gasteiger partial charge in [-0.15, -0.1) is 0 Å². The van der Waals surface area contributed by atoms with Crippen LogP contribution in [0.2, 0.25) is 0 Å². The van der Waals surface area contributed by atoms with E-state index in [1.807, 2.05) is 24.4 Å². The molecule has 0 fully saturated rings. The molecule has 0 aliphatic heterocycles. The summed E-state index contributed by atoms with van der Waals surface area (Å²) in [6, 6.07) is 15.2. The second kappa shape index (κ2) is 5.23. The average molecular weight is 315 g/mol. The van der Waals surface area contributed by atoms with Gasteiger partial charge in [0.25, 0.3) is 0 Å². The molecule has 3 heteroatoms. The van der Waals surface area contributed by atoms with Crippen LogP contribution in [0, 0.1) is 0 Å². The Bertz CT molecular complexity index is 932. The molecule has 0 spiro atoms. The van der Waals surface area contributed by atoms with Crippen LogP contribution in [0.4, 0.5) is 11.5 Å². The third kappa shape index (κ3) is 2.01. The van der Waals surface area contributed by atoms with Gasteiger partial charge in [0.05, 0.1) is 6.04 Å². The topological polar surface area (TPSA) is 50.9 Å². The summed E-state index contributed by atoms with van der Waals surface area (Å²) in [5, 5.41) is 5.90. The number of hydrogen-bond acceptors (Lipinski definition) is 3. The van der Waals surface area contributed by atoms with E-state index in [9.17, 15) is 0 Å². The van der Waals surface area contributed by atoms with E-state index in [2.05, 4.69) is 34.6 Å². The van der Waals surface area contributed by atoms with Crippen molar-refractivity contribution >= 4 is 22.3 Å². The number of nitrogen functional groups attached to an aromatic ring is 1. The third-order valence-corrected chi connectivity index (χ3v) is 5.68. The molecule has 2 aliphatic carbocycles. The number of fused-ring (bicyclic) bond motifs is 1. The van der Waals surface area contributed by atoms with E-state index in [1.54, 1.807) is 11.1 Å². The van der Waals surface area contributed by atoms with Gasteiger partial charge in [0.2, 0.25) is 0 Å². The van der Waals surface area contributed by atoms with Gasteiger partial charge in [-0.3, -0.25) is 0 Å². The Labute approximate surface area is 141 Å². The first-order valence-electron chi connectivity index (χ1n) is 8.82. The Morgan fingerprint density at radius 1 is 1.04 bits per heavy atom. The van der Waals surface area contributed by atoms with Gasteiger partial charge in [-0.25, -0.2) is 4.98 Å². The lowest BCUT2D eigenvalue weighted by atomic mass is 9.84. The Kier molecular flexibility index (Phi) is 3.02. The number of aryl methyl sites for hydroxylation is 1. The van der Waals surface area contributed by atoms with Crippen LogP contribution in [-0.4, -0.2) is 4.98 Å². The number of hydrogen-bond donors (Lipinski definition) is 2. The highest BCUT2D eigenvalue weighted by molar-refractivity contribution is 5.99. The summed E-state index contributed by atoms with van der Waals surface area (Å²) < 4.78 is 0. The van der Waals surface area contributed by atoms with Gasteiger partial charge in [-0.1, -0.05) is 30.3 Å². The molecule has 2 atom stereocenters. The molecular formula is C21H21N3. The lowest BCUT2D eigenvalue weighted by molar-refractivity contribution is 0.534. The summed E-state index contributed by atoms with van der Waals surface area (Å²) in [6.45, 7) is 0. The Morgan fingerprint density at radius 3 is 2.92 bits per heavy atom. The second-order valence-corrected chi connectivity index (χ2v) is 7.04. The van der Waals surface area contributed by atoms with Gasteiger partial charge in [0, 0.05) is 22.7 Å². The van der Waals surface area contributed by atoms with Crippen molar-refractivity contribution in [2.24, 2.45) is 0 Å². The molecule has 1 heterocycles. The number of pyridine rings is 1. The maximum atomic E-state index is 6.13. The van der Waals surface area contributed by atoms with Crippen molar-refractivity contribution in [1.29, 1.82) is 0 Å². The smallest absolute Gasteiger partial charge is 0.134 e. The normalized spacial score (nSPS) is 21.7. The minimum atomic E-state index is 0.350. The molecule has 24 heavy (non-hydrogen) atoms. The van der Waals surface area contributed by atoms with Crippen LogP contribution in [0.3, 0.4) is 0 Å². The van der Waals surface area contributed by atoms with E-state index < -0.39 is 0 Å². The molecule has 3 nitrogen and oxygen atoms in total. The Morgan fingerprint density at radius 2 is 1.96 bits per heavy atom. The summed E-state index contributed by atoms with van der Waals surface area (Å²) in [4.78, 5) is 4.61. The van der Waals surface area contributed by atoms with Crippen molar-refractivity contribution in [3.63, 3.8) is 0 Å². The lowest BCUT2D eigenvalue weighted by Gasteiger charge is -2.20. The molecule has 1 aromatic heterocycles. The zero-order valence-corrected chi connectivity index (χ0v) is 13.6. The minimum absolute atomic E-state index is 0.350. The van der Waals surface area contributed by atoms with Crippen LogP contribution in [0.25, 0.3) is 10.8 Å². The molecular weight excluding hydrogens is 294 g/mol. The van der Waals surface area contributed by atoms with Gasteiger partial charge in [-0.2, -0.15) is 0 Å². The van der Waals surface area contributed by atoms with Gasteiger partial charge < -0.3 is 11.1 Å². The van der Waals surface area contributed by atoms with Crippen molar-refractivity contribution in [3.05, 3.63) is 65.4 Å². The van der Waals surface area contributed by atoms with E-state index in [0.29, 0.717) is 12.0 Å². The lowest BCUT2D eigenvalue weighted by Crippen LogP contribution is -2.09. The van der Waals surface area contributed by atoms with E-state index >= 15 is 0 Å². The highest BCUT2D eigenvalue weighted by atomic mass is 15.0. The van der Waals surface area contributed by atoms with Crippen LogP contribution in [0.5, 0.6) is 0 Å². The molecule has 0 saturated carbocycles. The summed E-state index contributed by atoms with van der Waals surface area (Å²) >= 11 is 0. The number of aromatic nitrogens is 1. The second-order valence-electron chi connectivity index (χ2n) is 7.04. The highest BCUT2D eigenvalue weighted by Crippen LogP contribution is 2.48. The minimum Gasteiger partial charge on any atom is -0.398 e. The molecule has 0 bridgehead atoms. The quantitative estimate of drug-likeness (QED) is 0.668. The molecule has 0 saturated heterocycles. The largest absolute Gasteiger partial charge is 0.398 e. The fourth-order valence-corrected chi connectivity index (χ4v) is 4.63. The number of anilines is 2. The first-order valence-corrected chi connectivity index (χ1v) is 8.82. The molecule has 3 N–H and O–H groups in total. The summed E-state index contributed by atoms with van der Waals surface area (Å²) in [7, 11) is 0. The average Bonchev–Trinajstić information content (AvgIpc) is 2.96. The maximum absolute atomic E-state index is 6.13. The zero-order chi connectivity index (χ0) is 16.1. The van der Waals surface area contributed by atoms with Gasteiger partial charge in [-0.05, 0) is 60.4 Å². The first-order chi connectivity index (χ1) is 11.8. The number of rotatable bonds is 2. The number of benzene rings is 2. The predicted octanol–water partition coefficient (Wildman–Crippen LogP) is 4.79. The number of nitrogens with zero attached hydrogens (tertiary/aromatic N) is 1. The highest BCUT2D eigenvalue weighted by Gasteiger charge is 2.34. The standard InChI is InChI=1S/C21H21N3/c22-18-9-3-7-16-15(18)10-11-23-21(16)24-19-12-14-6-1-4-13-5-2-8-17(19)20(13)14/h2-3,5,7-11,14,19H,1,4,6,12,22H2,(H,23,24).